The summed E-state index contributed by atoms with van der Waals surface area (Å²) in [7, 11) is 1.64. The predicted octanol–water partition coefficient (Wildman–Crippen LogP) is 1.54. The second kappa shape index (κ2) is 2.92. The van der Waals surface area contributed by atoms with Crippen molar-refractivity contribution in [1.29, 1.82) is 0 Å². The first-order valence-electron chi connectivity index (χ1n) is 2.93. The number of halogens is 3. The van der Waals surface area contributed by atoms with E-state index in [1.807, 2.05) is 0 Å². The lowest BCUT2D eigenvalue weighted by Gasteiger charge is -2.23. The molecule has 2 nitrogen and oxygen atoms in total. The van der Waals surface area contributed by atoms with Crippen molar-refractivity contribution < 1.29 is 13.2 Å². The molecular weight excluding hydrogens is 177 g/mol. The molecule has 0 spiro atoms. The van der Waals surface area contributed by atoms with Gasteiger partial charge < -0.3 is 0 Å². The van der Waals surface area contributed by atoms with E-state index in [4.69, 9.17) is 0 Å². The molecule has 0 amide bonds. The zero-order valence-corrected chi connectivity index (χ0v) is 6.61. The summed E-state index contributed by atoms with van der Waals surface area (Å²) in [5.41, 5.74) is 0. The summed E-state index contributed by atoms with van der Waals surface area (Å²) in [5, 5.41) is 3.58. The highest BCUT2D eigenvalue weighted by Gasteiger charge is 2.40. The van der Waals surface area contributed by atoms with Gasteiger partial charge in [0.15, 0.2) is 0 Å². The molecule has 11 heavy (non-hydrogen) atoms. The highest BCUT2D eigenvalue weighted by Crippen LogP contribution is 2.31. The Labute approximate surface area is 66.4 Å². The van der Waals surface area contributed by atoms with Gasteiger partial charge in [-0.25, -0.2) is 0 Å². The summed E-state index contributed by atoms with van der Waals surface area (Å²) >= 11 is 0.830. The average Bonchev–Trinajstić information content (AvgIpc) is 1.86. The fourth-order valence-electron chi connectivity index (χ4n) is 0.618. The second-order valence-corrected chi connectivity index (χ2v) is 3.28. The monoisotopic (exact) mass is 184 g/mol. The average molecular weight is 184 g/mol. The minimum absolute atomic E-state index is 0.292. The molecule has 0 radical (unpaired) electrons. The Morgan fingerprint density at radius 1 is 1.64 bits per heavy atom. The summed E-state index contributed by atoms with van der Waals surface area (Å²) in [6.07, 6.45) is -3.23. The standard InChI is InChI=1S/C5H7F3N2S/c1-10-3-11-4(2-9-10)5(6,7)8/h2,4H,3H2,1H3. The van der Waals surface area contributed by atoms with Crippen molar-refractivity contribution in [2.45, 2.75) is 11.4 Å². The van der Waals surface area contributed by atoms with Crippen molar-refractivity contribution in [2.75, 3.05) is 12.9 Å². The number of nitrogens with zero attached hydrogens (tertiary/aromatic N) is 2. The molecule has 1 unspecified atom stereocenters. The van der Waals surface area contributed by atoms with Gasteiger partial charge in [-0.15, -0.1) is 11.8 Å². The Morgan fingerprint density at radius 3 is 2.64 bits per heavy atom. The number of rotatable bonds is 0. The van der Waals surface area contributed by atoms with Gasteiger partial charge in [-0.1, -0.05) is 0 Å². The fraction of sp³-hybridized carbons (Fsp3) is 0.800. The van der Waals surface area contributed by atoms with Crippen LogP contribution >= 0.6 is 11.8 Å². The van der Waals surface area contributed by atoms with Gasteiger partial charge in [0, 0.05) is 13.3 Å². The first-order valence-corrected chi connectivity index (χ1v) is 3.98. The highest BCUT2D eigenvalue weighted by molar-refractivity contribution is 8.00. The molecule has 1 rings (SSSR count). The largest absolute Gasteiger partial charge is 0.405 e. The molecule has 0 aromatic rings. The molecule has 0 fully saturated rings. The lowest BCUT2D eigenvalue weighted by molar-refractivity contribution is -0.116. The highest BCUT2D eigenvalue weighted by atomic mass is 32.2. The summed E-state index contributed by atoms with van der Waals surface area (Å²) < 4.78 is 35.8. The van der Waals surface area contributed by atoms with E-state index in [9.17, 15) is 13.2 Å². The Kier molecular flexibility index (Phi) is 2.31. The summed E-state index contributed by atoms with van der Waals surface area (Å²) in [6.45, 7) is 0. The molecule has 0 bridgehead atoms. The van der Waals surface area contributed by atoms with E-state index in [2.05, 4.69) is 5.10 Å². The Bertz CT molecular complexity index is 168. The molecular formula is C5H7F3N2S. The molecule has 0 saturated carbocycles. The number of alkyl halides is 3. The van der Waals surface area contributed by atoms with E-state index in [1.54, 1.807) is 7.05 Å². The molecule has 0 aromatic carbocycles. The maximum atomic E-state index is 11.9. The van der Waals surface area contributed by atoms with Crippen LogP contribution in [0, 0.1) is 0 Å². The van der Waals surface area contributed by atoms with Crippen molar-refractivity contribution >= 4 is 18.0 Å². The fourth-order valence-corrected chi connectivity index (χ4v) is 1.39. The van der Waals surface area contributed by atoms with E-state index >= 15 is 0 Å². The SMILES string of the molecule is CN1CSC(C(F)(F)F)C=N1. The van der Waals surface area contributed by atoms with Gasteiger partial charge in [0.1, 0.15) is 5.25 Å². The van der Waals surface area contributed by atoms with Crippen LogP contribution in [0.1, 0.15) is 0 Å². The van der Waals surface area contributed by atoms with Crippen LogP contribution in [0.2, 0.25) is 0 Å². The van der Waals surface area contributed by atoms with Crippen molar-refractivity contribution in [3.05, 3.63) is 0 Å². The van der Waals surface area contributed by atoms with Crippen LogP contribution in [0.4, 0.5) is 13.2 Å². The zero-order chi connectivity index (χ0) is 8.48. The van der Waals surface area contributed by atoms with Gasteiger partial charge in [0.25, 0.3) is 0 Å². The van der Waals surface area contributed by atoms with Gasteiger partial charge >= 0.3 is 6.18 Å². The lowest BCUT2D eigenvalue weighted by atomic mass is 10.4. The summed E-state index contributed by atoms with van der Waals surface area (Å²) in [5.74, 6) is 0.292. The van der Waals surface area contributed by atoms with Crippen LogP contribution in [0.5, 0.6) is 0 Å². The van der Waals surface area contributed by atoms with E-state index in [0.29, 0.717) is 5.88 Å². The molecule has 0 saturated heterocycles. The molecule has 1 heterocycles. The molecule has 0 aromatic heterocycles. The molecule has 0 N–H and O–H groups in total. The molecule has 1 aliphatic rings. The first-order chi connectivity index (χ1) is 5.00. The number of hydrogen-bond acceptors (Lipinski definition) is 3. The van der Waals surface area contributed by atoms with Crippen molar-refractivity contribution in [3.63, 3.8) is 0 Å². The maximum absolute atomic E-state index is 11.9. The molecule has 1 aliphatic heterocycles. The van der Waals surface area contributed by atoms with Crippen LogP contribution in [0.25, 0.3) is 0 Å². The summed E-state index contributed by atoms with van der Waals surface area (Å²) in [6, 6.07) is 0. The van der Waals surface area contributed by atoms with E-state index in [-0.39, 0.29) is 0 Å². The van der Waals surface area contributed by atoms with Crippen LogP contribution in [-0.2, 0) is 0 Å². The predicted molar refractivity (Wildman–Crippen MR) is 38.6 cm³/mol. The van der Waals surface area contributed by atoms with Crippen molar-refractivity contribution in [1.82, 2.24) is 5.01 Å². The Hall–Kier alpha value is -0.390. The number of hydrogen-bond donors (Lipinski definition) is 0. The maximum Gasteiger partial charge on any atom is 0.405 e. The smallest absolute Gasteiger partial charge is 0.290 e. The molecule has 1 atom stereocenters. The molecule has 64 valence electrons. The normalized spacial score (nSPS) is 25.8. The molecule has 0 aliphatic carbocycles. The third kappa shape index (κ3) is 2.28. The van der Waals surface area contributed by atoms with Crippen LogP contribution in [0.3, 0.4) is 0 Å². The topological polar surface area (TPSA) is 15.6 Å². The van der Waals surface area contributed by atoms with E-state index < -0.39 is 11.4 Å². The van der Waals surface area contributed by atoms with E-state index in [0.717, 1.165) is 18.0 Å². The Morgan fingerprint density at radius 2 is 2.27 bits per heavy atom. The first kappa shape index (κ1) is 8.70. The summed E-state index contributed by atoms with van der Waals surface area (Å²) in [4.78, 5) is 0. The third-order valence-electron chi connectivity index (χ3n) is 1.16. The zero-order valence-electron chi connectivity index (χ0n) is 5.80. The minimum Gasteiger partial charge on any atom is -0.290 e. The van der Waals surface area contributed by atoms with Crippen molar-refractivity contribution in [3.8, 4) is 0 Å². The lowest BCUT2D eigenvalue weighted by Crippen LogP contribution is -2.33. The molecule has 6 heteroatoms. The van der Waals surface area contributed by atoms with Crippen LogP contribution < -0.4 is 0 Å². The number of hydrazone groups is 1. The van der Waals surface area contributed by atoms with Gasteiger partial charge in [0.05, 0.1) is 5.88 Å². The van der Waals surface area contributed by atoms with E-state index in [1.165, 1.54) is 5.01 Å². The van der Waals surface area contributed by atoms with Gasteiger partial charge in [-0.2, -0.15) is 18.3 Å². The van der Waals surface area contributed by atoms with Crippen LogP contribution in [-0.4, -0.2) is 35.6 Å². The third-order valence-corrected chi connectivity index (χ3v) is 2.43. The Balaban J connectivity index is 2.57. The quantitative estimate of drug-likeness (QED) is 0.567. The second-order valence-electron chi connectivity index (χ2n) is 2.18. The van der Waals surface area contributed by atoms with Gasteiger partial charge in [-0.05, 0) is 0 Å². The van der Waals surface area contributed by atoms with Crippen molar-refractivity contribution in [2.24, 2.45) is 5.10 Å². The van der Waals surface area contributed by atoms with Crippen LogP contribution in [0.15, 0.2) is 5.10 Å². The van der Waals surface area contributed by atoms with Gasteiger partial charge in [-0.3, -0.25) is 5.01 Å². The minimum atomic E-state index is -4.16. The number of thioether (sulfide) groups is 1. The van der Waals surface area contributed by atoms with Gasteiger partial charge in [0.2, 0.25) is 0 Å².